The molecular weight excluding hydrogens is 114 g/mol. The zero-order chi connectivity index (χ0) is 6.85. The molecule has 0 bridgehead atoms. The van der Waals surface area contributed by atoms with E-state index in [1.54, 1.807) is 6.20 Å². The highest BCUT2D eigenvalue weighted by Gasteiger charge is 2.14. The van der Waals surface area contributed by atoms with Crippen LogP contribution in [0.1, 0.15) is 13.8 Å². The van der Waals surface area contributed by atoms with Gasteiger partial charge in [-0.05, 0) is 12.5 Å². The van der Waals surface area contributed by atoms with Crippen LogP contribution in [0, 0.1) is 5.92 Å². The normalized spacial score (nSPS) is 26.2. The van der Waals surface area contributed by atoms with E-state index in [2.05, 4.69) is 4.99 Å². The topological polar surface area (TPSA) is 29.4 Å². The first-order chi connectivity index (χ1) is 4.22. The Balaban J connectivity index is 2.86. The van der Waals surface area contributed by atoms with Crippen molar-refractivity contribution in [3.05, 3.63) is 11.8 Å². The van der Waals surface area contributed by atoms with Crippen LogP contribution in [-0.2, 0) is 4.79 Å². The molecule has 0 aliphatic carbocycles. The minimum Gasteiger partial charge on any atom is -0.292 e. The minimum absolute atomic E-state index is 0.0440. The number of hydrogen-bond donors (Lipinski definition) is 0. The van der Waals surface area contributed by atoms with E-state index in [0.29, 0.717) is 0 Å². The van der Waals surface area contributed by atoms with E-state index in [0.717, 1.165) is 5.57 Å². The molecule has 2 nitrogen and oxygen atoms in total. The summed E-state index contributed by atoms with van der Waals surface area (Å²) < 4.78 is 0. The Labute approximate surface area is 54.3 Å². The fourth-order valence-electron chi connectivity index (χ4n) is 0.676. The second-order valence-electron chi connectivity index (χ2n) is 2.28. The van der Waals surface area contributed by atoms with E-state index < -0.39 is 0 Å². The molecule has 0 fully saturated rings. The van der Waals surface area contributed by atoms with Crippen LogP contribution in [0.4, 0.5) is 0 Å². The summed E-state index contributed by atoms with van der Waals surface area (Å²) in [5.74, 6) is 0.150. The Kier molecular flexibility index (Phi) is 1.47. The van der Waals surface area contributed by atoms with Crippen molar-refractivity contribution in [2.45, 2.75) is 13.8 Å². The van der Waals surface area contributed by atoms with E-state index in [9.17, 15) is 4.79 Å². The third-order valence-electron chi connectivity index (χ3n) is 1.59. The zero-order valence-corrected chi connectivity index (χ0v) is 5.59. The lowest BCUT2D eigenvalue weighted by atomic mass is 9.98. The maximum atomic E-state index is 10.8. The maximum absolute atomic E-state index is 10.8. The van der Waals surface area contributed by atoms with Gasteiger partial charge in [-0.1, -0.05) is 6.92 Å². The number of carbonyl (C=O) groups excluding carboxylic acids is 1. The second kappa shape index (κ2) is 2.13. The molecule has 1 atom stereocenters. The number of rotatable bonds is 0. The van der Waals surface area contributed by atoms with Crippen LogP contribution in [0.3, 0.4) is 0 Å². The predicted molar refractivity (Wildman–Crippen MR) is 36.4 cm³/mol. The Morgan fingerprint density at radius 1 is 1.67 bits per heavy atom. The molecule has 0 aromatic rings. The van der Waals surface area contributed by atoms with Gasteiger partial charge >= 0.3 is 0 Å². The highest BCUT2D eigenvalue weighted by Crippen LogP contribution is 2.12. The van der Waals surface area contributed by atoms with Gasteiger partial charge in [0.15, 0.2) is 5.78 Å². The summed E-state index contributed by atoms with van der Waals surface area (Å²) in [6.45, 7) is 3.80. The smallest absolute Gasteiger partial charge is 0.180 e. The van der Waals surface area contributed by atoms with Crippen LogP contribution >= 0.6 is 0 Å². The van der Waals surface area contributed by atoms with E-state index in [1.165, 1.54) is 6.21 Å². The lowest BCUT2D eigenvalue weighted by molar-refractivity contribution is -0.114. The molecule has 48 valence electrons. The van der Waals surface area contributed by atoms with Gasteiger partial charge in [0.1, 0.15) is 0 Å². The molecule has 0 aromatic carbocycles. The summed E-state index contributed by atoms with van der Waals surface area (Å²) in [5.41, 5.74) is 1.04. The van der Waals surface area contributed by atoms with E-state index >= 15 is 0 Å². The molecule has 1 aliphatic heterocycles. The molecule has 0 aromatic heterocycles. The fourth-order valence-corrected chi connectivity index (χ4v) is 0.676. The van der Waals surface area contributed by atoms with Crippen molar-refractivity contribution in [3.8, 4) is 0 Å². The van der Waals surface area contributed by atoms with Crippen molar-refractivity contribution in [3.63, 3.8) is 0 Å². The molecular formula is C7H9NO. The summed E-state index contributed by atoms with van der Waals surface area (Å²) in [5, 5.41) is 0. The van der Waals surface area contributed by atoms with E-state index in [1.807, 2.05) is 13.8 Å². The molecule has 1 rings (SSSR count). The van der Waals surface area contributed by atoms with Gasteiger partial charge in [0.25, 0.3) is 0 Å². The molecule has 0 saturated heterocycles. The van der Waals surface area contributed by atoms with Crippen LogP contribution in [0.25, 0.3) is 0 Å². The number of allylic oxidation sites excluding steroid dienone is 1. The molecule has 0 amide bonds. The van der Waals surface area contributed by atoms with Crippen molar-refractivity contribution >= 4 is 12.0 Å². The van der Waals surface area contributed by atoms with Crippen LogP contribution in [0.15, 0.2) is 16.8 Å². The number of carbonyl (C=O) groups is 1. The number of hydrogen-bond acceptors (Lipinski definition) is 2. The molecule has 1 unspecified atom stereocenters. The Hall–Kier alpha value is -0.920. The Bertz CT molecular complexity index is 191. The van der Waals surface area contributed by atoms with Crippen molar-refractivity contribution in [1.29, 1.82) is 0 Å². The van der Waals surface area contributed by atoms with Gasteiger partial charge in [0, 0.05) is 12.1 Å². The average Bonchev–Trinajstić information content (AvgIpc) is 1.83. The molecule has 0 spiro atoms. The summed E-state index contributed by atoms with van der Waals surface area (Å²) in [6, 6.07) is 0. The lowest BCUT2D eigenvalue weighted by Gasteiger charge is -2.09. The molecule has 2 heteroatoms. The maximum Gasteiger partial charge on any atom is 0.180 e. The summed E-state index contributed by atoms with van der Waals surface area (Å²) in [6.07, 6.45) is 3.10. The monoisotopic (exact) mass is 123 g/mol. The van der Waals surface area contributed by atoms with Gasteiger partial charge in [0.05, 0.1) is 6.21 Å². The van der Waals surface area contributed by atoms with Crippen LogP contribution in [0.2, 0.25) is 0 Å². The molecule has 1 heterocycles. The quantitative estimate of drug-likeness (QED) is 0.475. The standard InChI is InChI=1S/C7H9NO/c1-5-3-8-4-7(9)6(5)2/h3-4,6H,1-2H3. The average molecular weight is 123 g/mol. The highest BCUT2D eigenvalue weighted by molar-refractivity contribution is 6.29. The summed E-state index contributed by atoms with van der Waals surface area (Å²) in [4.78, 5) is 14.6. The van der Waals surface area contributed by atoms with E-state index in [-0.39, 0.29) is 11.7 Å². The van der Waals surface area contributed by atoms with E-state index in [4.69, 9.17) is 0 Å². The van der Waals surface area contributed by atoms with Gasteiger partial charge in [-0.3, -0.25) is 9.79 Å². The van der Waals surface area contributed by atoms with Gasteiger partial charge < -0.3 is 0 Å². The molecule has 1 aliphatic rings. The van der Waals surface area contributed by atoms with Crippen molar-refractivity contribution in [2.75, 3.05) is 0 Å². The number of nitrogens with zero attached hydrogens (tertiary/aromatic N) is 1. The number of Topliss-reactive ketones (excluding diaryl/α,β-unsaturated/α-hetero) is 1. The first-order valence-electron chi connectivity index (χ1n) is 2.95. The SMILES string of the molecule is CC1=CN=CC(=O)C1C. The largest absolute Gasteiger partial charge is 0.292 e. The highest BCUT2D eigenvalue weighted by atomic mass is 16.1. The van der Waals surface area contributed by atoms with Crippen LogP contribution in [-0.4, -0.2) is 12.0 Å². The first kappa shape index (κ1) is 6.20. The molecule has 9 heavy (non-hydrogen) atoms. The summed E-state index contributed by atoms with van der Waals surface area (Å²) >= 11 is 0. The number of aliphatic imine (C=N–C) groups is 1. The third-order valence-corrected chi connectivity index (χ3v) is 1.59. The van der Waals surface area contributed by atoms with Gasteiger partial charge in [-0.25, -0.2) is 0 Å². The van der Waals surface area contributed by atoms with Gasteiger partial charge in [-0.15, -0.1) is 0 Å². The van der Waals surface area contributed by atoms with Gasteiger partial charge in [-0.2, -0.15) is 0 Å². The van der Waals surface area contributed by atoms with Crippen molar-refractivity contribution < 1.29 is 4.79 Å². The minimum atomic E-state index is 0.0440. The fraction of sp³-hybridized carbons (Fsp3) is 0.429. The number of ketones is 1. The lowest BCUT2D eigenvalue weighted by Crippen LogP contribution is -2.15. The Morgan fingerprint density at radius 2 is 2.33 bits per heavy atom. The Morgan fingerprint density at radius 3 is 2.78 bits per heavy atom. The predicted octanol–water partition coefficient (Wildman–Crippen LogP) is 1.18. The first-order valence-corrected chi connectivity index (χ1v) is 2.95. The molecule has 0 radical (unpaired) electrons. The van der Waals surface area contributed by atoms with Crippen molar-refractivity contribution in [2.24, 2.45) is 10.9 Å². The second-order valence-corrected chi connectivity index (χ2v) is 2.28. The van der Waals surface area contributed by atoms with Crippen LogP contribution in [0.5, 0.6) is 0 Å². The molecule has 0 saturated carbocycles. The zero-order valence-electron chi connectivity index (χ0n) is 5.59. The molecule has 0 N–H and O–H groups in total. The van der Waals surface area contributed by atoms with Crippen LogP contribution < -0.4 is 0 Å². The summed E-state index contributed by atoms with van der Waals surface area (Å²) in [7, 11) is 0. The van der Waals surface area contributed by atoms with Gasteiger partial charge in [0.2, 0.25) is 0 Å². The van der Waals surface area contributed by atoms with Crippen molar-refractivity contribution in [1.82, 2.24) is 0 Å². The third kappa shape index (κ3) is 1.07.